The second-order valence-electron chi connectivity index (χ2n) is 4.68. The molecule has 0 aromatic carbocycles. The molecule has 0 radical (unpaired) electrons. The van der Waals surface area contributed by atoms with Crippen LogP contribution in [-0.4, -0.2) is 17.1 Å². The second-order valence-corrected chi connectivity index (χ2v) is 5.26. The van der Waals surface area contributed by atoms with E-state index in [0.29, 0.717) is 0 Å². The average Bonchev–Trinajstić information content (AvgIpc) is 2.26. The molecule has 0 amide bonds. The molecule has 0 aliphatic heterocycles. The summed E-state index contributed by atoms with van der Waals surface area (Å²) >= 11 is 0. The van der Waals surface area contributed by atoms with Gasteiger partial charge in [-0.15, -0.1) is 9.24 Å². The Morgan fingerprint density at radius 2 is 0.824 bits per heavy atom. The van der Waals surface area contributed by atoms with Crippen molar-refractivity contribution in [3.63, 3.8) is 0 Å². The van der Waals surface area contributed by atoms with Gasteiger partial charge in [0.1, 0.15) is 0 Å². The Bertz CT molecular complexity index is 98.4. The third-order valence-corrected chi connectivity index (χ3v) is 3.47. The highest BCUT2D eigenvalue weighted by Crippen LogP contribution is 2.11. The predicted octanol–water partition coefficient (Wildman–Crippen LogP) is 3.91. The highest BCUT2D eigenvalue weighted by atomic mass is 31.0. The van der Waals surface area contributed by atoms with Gasteiger partial charge in [0.25, 0.3) is 0 Å². The lowest BCUT2D eigenvalue weighted by Gasteiger charge is -2.01. The van der Waals surface area contributed by atoms with Crippen molar-refractivity contribution in [2.75, 3.05) is 6.16 Å². The summed E-state index contributed by atoms with van der Waals surface area (Å²) in [5, 5.41) is 0. The van der Waals surface area contributed by atoms with Gasteiger partial charge in [-0.25, -0.2) is 0 Å². The third kappa shape index (κ3) is 22.1. The molecule has 2 nitrogen and oxygen atoms in total. The van der Waals surface area contributed by atoms with E-state index in [0.717, 1.165) is 0 Å². The van der Waals surface area contributed by atoms with Gasteiger partial charge in [0.15, 0.2) is 0 Å². The lowest BCUT2D eigenvalue weighted by Crippen LogP contribution is -1.82. The van der Waals surface area contributed by atoms with Gasteiger partial charge in [0.05, 0.1) is 0 Å². The maximum absolute atomic E-state index is 2.81. The molecule has 0 saturated heterocycles. The summed E-state index contributed by atoms with van der Waals surface area (Å²) in [5.74, 6) is 0. The Balaban J connectivity index is -0.000000980. The van der Waals surface area contributed by atoms with Crippen LogP contribution in [0, 0.1) is 0 Å². The van der Waals surface area contributed by atoms with E-state index in [1.807, 2.05) is 0 Å². The van der Waals surface area contributed by atoms with Crippen LogP contribution in [0.5, 0.6) is 0 Å². The maximum atomic E-state index is 2.81. The zero-order valence-electron chi connectivity index (χ0n) is 11.8. The van der Waals surface area contributed by atoms with Gasteiger partial charge in [-0.05, 0) is 12.6 Å². The molecule has 0 aliphatic rings. The molecule has 0 aromatic heterocycles. The van der Waals surface area contributed by atoms with E-state index in [2.05, 4.69) is 16.2 Å². The molecule has 17 heavy (non-hydrogen) atoms. The molecule has 1 atom stereocenters. The monoisotopic (exact) mass is 266 g/mol. The van der Waals surface area contributed by atoms with E-state index in [-0.39, 0.29) is 11.0 Å². The average molecular weight is 266 g/mol. The maximum Gasteiger partial charge on any atom is -0.0381 e. The molecule has 0 spiro atoms. The largest absolute Gasteiger partial charge is 0.412 e. The highest BCUT2D eigenvalue weighted by Gasteiger charge is 1.92. The molecule has 108 valence electrons. The third-order valence-electron chi connectivity index (χ3n) is 3.06. The molecule has 0 bridgehead atoms. The Kier molecular flexibility index (Phi) is 28.6. The van der Waals surface area contributed by atoms with Crippen LogP contribution in [-0.2, 0) is 0 Å². The SMILES string of the molecule is CCCCCCCCCCCCCCP.O.O. The van der Waals surface area contributed by atoms with Crippen molar-refractivity contribution in [1.29, 1.82) is 0 Å². The minimum Gasteiger partial charge on any atom is -0.412 e. The molecule has 0 aliphatic carbocycles. The first-order valence-corrected chi connectivity index (χ1v) is 7.93. The minimum absolute atomic E-state index is 0. The summed E-state index contributed by atoms with van der Waals surface area (Å²) < 4.78 is 0. The van der Waals surface area contributed by atoms with Crippen LogP contribution in [0.2, 0.25) is 0 Å². The minimum atomic E-state index is 0. The van der Waals surface area contributed by atoms with Gasteiger partial charge in [-0.2, -0.15) is 0 Å². The van der Waals surface area contributed by atoms with Crippen molar-refractivity contribution in [2.24, 2.45) is 0 Å². The smallest absolute Gasteiger partial charge is 0.0381 e. The fraction of sp³-hybridized carbons (Fsp3) is 1.00. The van der Waals surface area contributed by atoms with Gasteiger partial charge < -0.3 is 11.0 Å². The summed E-state index contributed by atoms with van der Waals surface area (Å²) in [7, 11) is 2.81. The van der Waals surface area contributed by atoms with E-state index < -0.39 is 0 Å². The molecule has 3 heteroatoms. The summed E-state index contributed by atoms with van der Waals surface area (Å²) in [5.41, 5.74) is 0. The van der Waals surface area contributed by atoms with Crippen LogP contribution in [0.1, 0.15) is 84.0 Å². The van der Waals surface area contributed by atoms with Crippen molar-refractivity contribution >= 4 is 9.24 Å². The molecule has 0 rings (SSSR count). The van der Waals surface area contributed by atoms with E-state index in [9.17, 15) is 0 Å². The normalized spacial score (nSPS) is 9.53. The molecule has 1 unspecified atom stereocenters. The number of hydrogen-bond acceptors (Lipinski definition) is 0. The molecule has 0 aromatic rings. The summed E-state index contributed by atoms with van der Waals surface area (Å²) in [6.07, 6.45) is 18.7. The van der Waals surface area contributed by atoms with Crippen molar-refractivity contribution in [2.45, 2.75) is 84.0 Å². The summed E-state index contributed by atoms with van der Waals surface area (Å²) in [6, 6.07) is 0. The van der Waals surface area contributed by atoms with E-state index >= 15 is 0 Å². The fourth-order valence-corrected chi connectivity index (χ4v) is 2.27. The fourth-order valence-electron chi connectivity index (χ4n) is 1.99. The zero-order valence-corrected chi connectivity index (χ0v) is 12.9. The van der Waals surface area contributed by atoms with Crippen molar-refractivity contribution in [3.8, 4) is 0 Å². The first kappa shape index (κ1) is 22.5. The first-order valence-electron chi connectivity index (χ1n) is 7.12. The van der Waals surface area contributed by atoms with Crippen molar-refractivity contribution in [3.05, 3.63) is 0 Å². The Hall–Kier alpha value is 0.350. The Labute approximate surface area is 111 Å². The van der Waals surface area contributed by atoms with Gasteiger partial charge in [-0.3, -0.25) is 0 Å². The number of rotatable bonds is 12. The molecular weight excluding hydrogens is 231 g/mol. The zero-order chi connectivity index (χ0) is 11.2. The Morgan fingerprint density at radius 3 is 1.12 bits per heavy atom. The molecule has 0 saturated carbocycles. The van der Waals surface area contributed by atoms with Crippen LogP contribution in [0.25, 0.3) is 0 Å². The van der Waals surface area contributed by atoms with Crippen LogP contribution in [0.4, 0.5) is 0 Å². The van der Waals surface area contributed by atoms with E-state index in [4.69, 9.17) is 0 Å². The van der Waals surface area contributed by atoms with Crippen LogP contribution >= 0.6 is 9.24 Å². The summed E-state index contributed by atoms with van der Waals surface area (Å²) in [4.78, 5) is 0. The van der Waals surface area contributed by atoms with E-state index in [1.54, 1.807) is 0 Å². The van der Waals surface area contributed by atoms with Crippen LogP contribution in [0.3, 0.4) is 0 Å². The standard InChI is InChI=1S/C14H31P.2H2O/c1-2-3-4-5-6-7-8-9-10-11-12-13-14-15;;/h2-15H2,1H3;2*1H2. The first-order chi connectivity index (χ1) is 7.41. The van der Waals surface area contributed by atoms with Crippen molar-refractivity contribution in [1.82, 2.24) is 0 Å². The summed E-state index contributed by atoms with van der Waals surface area (Å²) in [6.45, 7) is 2.29. The second kappa shape index (κ2) is 21.6. The topological polar surface area (TPSA) is 63.0 Å². The number of hydrogen-bond donors (Lipinski definition) is 0. The van der Waals surface area contributed by atoms with Gasteiger partial charge in [0, 0.05) is 0 Å². The predicted molar refractivity (Wildman–Crippen MR) is 82.9 cm³/mol. The molecular formula is C14H35O2P. The lowest BCUT2D eigenvalue weighted by atomic mass is 10.1. The van der Waals surface area contributed by atoms with Crippen LogP contribution in [0.15, 0.2) is 0 Å². The quantitative estimate of drug-likeness (QED) is 0.380. The van der Waals surface area contributed by atoms with Crippen LogP contribution < -0.4 is 0 Å². The highest BCUT2D eigenvalue weighted by molar-refractivity contribution is 7.16. The van der Waals surface area contributed by atoms with Gasteiger partial charge in [0.2, 0.25) is 0 Å². The van der Waals surface area contributed by atoms with Gasteiger partial charge >= 0.3 is 0 Å². The van der Waals surface area contributed by atoms with E-state index in [1.165, 1.54) is 83.2 Å². The van der Waals surface area contributed by atoms with Gasteiger partial charge in [-0.1, -0.05) is 77.6 Å². The Morgan fingerprint density at radius 1 is 0.529 bits per heavy atom. The lowest BCUT2D eigenvalue weighted by molar-refractivity contribution is 0.548. The molecule has 0 fully saturated rings. The molecule has 0 heterocycles. The van der Waals surface area contributed by atoms with Crippen molar-refractivity contribution < 1.29 is 11.0 Å². The molecule has 4 N–H and O–H groups in total. The number of unbranched alkanes of at least 4 members (excludes halogenated alkanes) is 11.